The molecule has 144 valence electrons. The lowest BCUT2D eigenvalue weighted by molar-refractivity contribution is 0.0557. The SMILES string of the molecule is O=C(OCc1ccccc1)N1CCCC(CN2C(=O)c3ccccc3C2=O)C1. The molecule has 0 bridgehead atoms. The standard InChI is InChI=1S/C22H22N2O4/c25-20-18-10-4-5-11-19(18)21(26)24(20)14-17-9-6-12-23(13-17)22(27)28-15-16-7-2-1-3-8-16/h1-5,7-8,10-11,17H,6,9,12-15H2. The first kappa shape index (κ1) is 18.2. The number of benzene rings is 2. The molecule has 2 heterocycles. The van der Waals surface area contributed by atoms with E-state index in [1.165, 1.54) is 4.90 Å². The number of carbonyl (C=O) groups excluding carboxylic acids is 3. The van der Waals surface area contributed by atoms with Gasteiger partial charge in [-0.05, 0) is 36.5 Å². The minimum Gasteiger partial charge on any atom is -0.445 e. The predicted octanol–water partition coefficient (Wildman–Crippen LogP) is 3.33. The van der Waals surface area contributed by atoms with Crippen LogP contribution in [0.1, 0.15) is 39.1 Å². The molecule has 0 N–H and O–H groups in total. The van der Waals surface area contributed by atoms with Gasteiger partial charge in [-0.2, -0.15) is 0 Å². The third kappa shape index (κ3) is 3.63. The van der Waals surface area contributed by atoms with Gasteiger partial charge in [0.15, 0.2) is 0 Å². The van der Waals surface area contributed by atoms with E-state index < -0.39 is 0 Å². The van der Waals surface area contributed by atoms with E-state index in [1.54, 1.807) is 29.2 Å². The Morgan fingerprint density at radius 3 is 2.29 bits per heavy atom. The molecule has 28 heavy (non-hydrogen) atoms. The third-order valence-electron chi connectivity index (χ3n) is 5.30. The van der Waals surface area contributed by atoms with Gasteiger partial charge >= 0.3 is 6.09 Å². The molecule has 2 aliphatic rings. The Labute approximate surface area is 163 Å². The van der Waals surface area contributed by atoms with Crippen LogP contribution in [0.5, 0.6) is 0 Å². The van der Waals surface area contributed by atoms with Crippen LogP contribution in [-0.2, 0) is 11.3 Å². The molecular formula is C22H22N2O4. The van der Waals surface area contributed by atoms with Crippen molar-refractivity contribution in [3.05, 3.63) is 71.3 Å². The monoisotopic (exact) mass is 378 g/mol. The lowest BCUT2D eigenvalue weighted by Gasteiger charge is -2.33. The molecule has 2 aromatic carbocycles. The van der Waals surface area contributed by atoms with E-state index in [4.69, 9.17) is 4.74 Å². The molecule has 6 heteroatoms. The second-order valence-electron chi connectivity index (χ2n) is 7.26. The molecule has 0 saturated carbocycles. The average molecular weight is 378 g/mol. The number of likely N-dealkylation sites (tertiary alicyclic amines) is 1. The molecular weight excluding hydrogens is 356 g/mol. The van der Waals surface area contributed by atoms with Gasteiger partial charge in [-0.1, -0.05) is 42.5 Å². The number of fused-ring (bicyclic) bond motifs is 1. The highest BCUT2D eigenvalue weighted by Crippen LogP contribution is 2.26. The van der Waals surface area contributed by atoms with Crippen molar-refractivity contribution in [1.29, 1.82) is 0 Å². The average Bonchev–Trinajstić information content (AvgIpc) is 2.98. The first-order valence-corrected chi connectivity index (χ1v) is 9.54. The number of hydrogen-bond donors (Lipinski definition) is 0. The van der Waals surface area contributed by atoms with Crippen LogP contribution in [0.4, 0.5) is 4.79 Å². The largest absolute Gasteiger partial charge is 0.445 e. The minimum absolute atomic E-state index is 0.0558. The number of carbonyl (C=O) groups is 3. The molecule has 0 spiro atoms. The van der Waals surface area contributed by atoms with Gasteiger partial charge in [0.2, 0.25) is 0 Å². The Morgan fingerprint density at radius 2 is 1.61 bits per heavy atom. The summed E-state index contributed by atoms with van der Waals surface area (Å²) in [6.45, 7) is 1.68. The fraction of sp³-hybridized carbons (Fsp3) is 0.318. The van der Waals surface area contributed by atoms with Crippen LogP contribution in [0, 0.1) is 5.92 Å². The number of imide groups is 1. The zero-order valence-corrected chi connectivity index (χ0v) is 15.5. The highest BCUT2D eigenvalue weighted by Gasteiger charge is 2.37. The molecule has 1 fully saturated rings. The summed E-state index contributed by atoms with van der Waals surface area (Å²) in [7, 11) is 0. The van der Waals surface area contributed by atoms with Gasteiger partial charge in [-0.25, -0.2) is 4.79 Å². The quantitative estimate of drug-likeness (QED) is 0.766. The second kappa shape index (κ2) is 7.84. The molecule has 0 aromatic heterocycles. The van der Waals surface area contributed by atoms with E-state index >= 15 is 0 Å². The number of nitrogens with zero attached hydrogens (tertiary/aromatic N) is 2. The van der Waals surface area contributed by atoms with Crippen molar-refractivity contribution in [3.8, 4) is 0 Å². The van der Waals surface area contributed by atoms with Crippen LogP contribution < -0.4 is 0 Å². The third-order valence-corrected chi connectivity index (χ3v) is 5.30. The molecule has 1 saturated heterocycles. The Hall–Kier alpha value is -3.15. The van der Waals surface area contributed by atoms with Crippen LogP contribution in [0.2, 0.25) is 0 Å². The van der Waals surface area contributed by atoms with Gasteiger partial charge in [-0.3, -0.25) is 14.5 Å². The van der Waals surface area contributed by atoms with E-state index in [0.717, 1.165) is 18.4 Å². The normalized spacial score (nSPS) is 18.9. The summed E-state index contributed by atoms with van der Waals surface area (Å²) in [6.07, 6.45) is 1.35. The van der Waals surface area contributed by atoms with Crippen molar-refractivity contribution in [3.63, 3.8) is 0 Å². The summed E-state index contributed by atoms with van der Waals surface area (Å²) in [4.78, 5) is 40.5. The number of piperidine rings is 1. The van der Waals surface area contributed by atoms with Crippen molar-refractivity contribution >= 4 is 17.9 Å². The van der Waals surface area contributed by atoms with Gasteiger partial charge in [0, 0.05) is 19.6 Å². The summed E-state index contributed by atoms with van der Waals surface area (Å²) < 4.78 is 5.42. The predicted molar refractivity (Wildman–Crippen MR) is 103 cm³/mol. The highest BCUT2D eigenvalue weighted by atomic mass is 16.6. The summed E-state index contributed by atoms with van der Waals surface area (Å²) in [5.41, 5.74) is 1.86. The molecule has 1 atom stereocenters. The van der Waals surface area contributed by atoms with Crippen LogP contribution >= 0.6 is 0 Å². The Bertz CT molecular complexity index is 861. The summed E-state index contributed by atoms with van der Waals surface area (Å²) in [5.74, 6) is -0.436. The Kier molecular flexibility index (Phi) is 5.10. The molecule has 4 rings (SSSR count). The fourth-order valence-electron chi connectivity index (χ4n) is 3.85. The lowest BCUT2D eigenvalue weighted by Crippen LogP contribution is -2.45. The van der Waals surface area contributed by atoms with Gasteiger partial charge in [-0.15, -0.1) is 0 Å². The van der Waals surface area contributed by atoms with Crippen LogP contribution in [0.3, 0.4) is 0 Å². The van der Waals surface area contributed by atoms with E-state index in [1.807, 2.05) is 30.3 Å². The Morgan fingerprint density at radius 1 is 0.964 bits per heavy atom. The van der Waals surface area contributed by atoms with Crippen molar-refractivity contribution in [2.24, 2.45) is 5.92 Å². The Balaban J connectivity index is 1.35. The topological polar surface area (TPSA) is 66.9 Å². The van der Waals surface area contributed by atoms with Gasteiger partial charge < -0.3 is 9.64 Å². The van der Waals surface area contributed by atoms with Gasteiger partial charge in [0.05, 0.1) is 11.1 Å². The van der Waals surface area contributed by atoms with E-state index in [2.05, 4.69) is 0 Å². The summed E-state index contributed by atoms with van der Waals surface area (Å²) in [5, 5.41) is 0. The number of hydrogen-bond acceptors (Lipinski definition) is 4. The smallest absolute Gasteiger partial charge is 0.410 e. The van der Waals surface area contributed by atoms with E-state index in [-0.39, 0.29) is 30.4 Å². The molecule has 0 radical (unpaired) electrons. The van der Waals surface area contributed by atoms with Gasteiger partial charge in [0.25, 0.3) is 11.8 Å². The number of amides is 3. The molecule has 6 nitrogen and oxygen atoms in total. The fourth-order valence-corrected chi connectivity index (χ4v) is 3.85. The van der Waals surface area contributed by atoms with Crippen LogP contribution in [-0.4, -0.2) is 47.3 Å². The molecule has 2 aromatic rings. The van der Waals surface area contributed by atoms with Crippen molar-refractivity contribution in [2.45, 2.75) is 19.4 Å². The minimum atomic E-state index is -0.351. The van der Waals surface area contributed by atoms with Crippen molar-refractivity contribution in [2.75, 3.05) is 19.6 Å². The highest BCUT2D eigenvalue weighted by molar-refractivity contribution is 6.21. The maximum atomic E-state index is 12.6. The van der Waals surface area contributed by atoms with Crippen LogP contribution in [0.15, 0.2) is 54.6 Å². The molecule has 2 aliphatic heterocycles. The first-order chi connectivity index (χ1) is 13.6. The van der Waals surface area contributed by atoms with E-state index in [0.29, 0.717) is 30.8 Å². The van der Waals surface area contributed by atoms with Gasteiger partial charge in [0.1, 0.15) is 6.61 Å². The van der Waals surface area contributed by atoms with Crippen molar-refractivity contribution < 1.29 is 19.1 Å². The number of rotatable bonds is 4. The molecule has 0 aliphatic carbocycles. The number of ether oxygens (including phenoxy) is 1. The molecule has 1 unspecified atom stereocenters. The maximum Gasteiger partial charge on any atom is 0.410 e. The van der Waals surface area contributed by atoms with E-state index in [9.17, 15) is 14.4 Å². The zero-order chi connectivity index (χ0) is 19.5. The summed E-state index contributed by atoms with van der Waals surface area (Å²) in [6, 6.07) is 16.4. The first-order valence-electron chi connectivity index (χ1n) is 9.54. The summed E-state index contributed by atoms with van der Waals surface area (Å²) >= 11 is 0. The molecule has 3 amide bonds. The lowest BCUT2D eigenvalue weighted by atomic mass is 9.98. The maximum absolute atomic E-state index is 12.6. The second-order valence-corrected chi connectivity index (χ2v) is 7.26. The van der Waals surface area contributed by atoms with Crippen LogP contribution in [0.25, 0.3) is 0 Å². The van der Waals surface area contributed by atoms with Crippen molar-refractivity contribution in [1.82, 2.24) is 9.80 Å². The zero-order valence-electron chi connectivity index (χ0n) is 15.5.